The molecule has 0 radical (unpaired) electrons. The number of nitriles is 1. The van der Waals surface area contributed by atoms with Gasteiger partial charge in [-0.1, -0.05) is 0 Å². The van der Waals surface area contributed by atoms with Gasteiger partial charge in [-0.2, -0.15) is 18.4 Å². The number of esters is 1. The number of methoxy groups -OCH3 is 1. The number of alkyl halides is 3. The molecule has 0 aliphatic rings. The van der Waals surface area contributed by atoms with Gasteiger partial charge in [-0.05, 0) is 17.7 Å². The van der Waals surface area contributed by atoms with E-state index in [1.54, 1.807) is 0 Å². The van der Waals surface area contributed by atoms with Crippen molar-refractivity contribution in [3.05, 3.63) is 34.4 Å². The summed E-state index contributed by atoms with van der Waals surface area (Å²) in [5, 5.41) is 8.69. The molecule has 0 spiro atoms. The molecule has 4 nitrogen and oxygen atoms in total. The molecule has 0 atom stereocenters. The molecule has 0 bridgehead atoms. The minimum Gasteiger partial charge on any atom is -0.469 e. The lowest BCUT2D eigenvalue weighted by molar-refractivity contribution is -0.141. The van der Waals surface area contributed by atoms with E-state index in [1.165, 1.54) is 6.07 Å². The Hall–Kier alpha value is -2.36. The van der Waals surface area contributed by atoms with Crippen LogP contribution in [-0.4, -0.2) is 19.4 Å². The Labute approximate surface area is 106 Å². The second-order valence-corrected chi connectivity index (χ2v) is 3.58. The van der Waals surface area contributed by atoms with E-state index in [4.69, 9.17) is 5.26 Å². The van der Waals surface area contributed by atoms with Crippen LogP contribution < -0.4 is 0 Å². The molecule has 0 N–H and O–H groups in total. The number of rotatable bonds is 3. The van der Waals surface area contributed by atoms with Gasteiger partial charge >= 0.3 is 12.1 Å². The number of nitrogens with zero attached hydrogens (tertiary/aromatic N) is 1. The van der Waals surface area contributed by atoms with Gasteiger partial charge in [0.15, 0.2) is 6.29 Å². The molecule has 19 heavy (non-hydrogen) atoms. The van der Waals surface area contributed by atoms with Crippen molar-refractivity contribution < 1.29 is 27.5 Å². The fourth-order valence-corrected chi connectivity index (χ4v) is 1.50. The second kappa shape index (κ2) is 5.52. The zero-order valence-electron chi connectivity index (χ0n) is 9.75. The van der Waals surface area contributed by atoms with Gasteiger partial charge in [0, 0.05) is 5.56 Å². The quantitative estimate of drug-likeness (QED) is 0.623. The zero-order valence-corrected chi connectivity index (χ0v) is 9.75. The highest BCUT2D eigenvalue weighted by Gasteiger charge is 2.34. The number of carbonyl (C=O) groups is 2. The van der Waals surface area contributed by atoms with Gasteiger partial charge in [0.2, 0.25) is 0 Å². The maximum atomic E-state index is 12.8. The molecular weight excluding hydrogens is 263 g/mol. The van der Waals surface area contributed by atoms with Crippen molar-refractivity contribution in [2.75, 3.05) is 7.11 Å². The van der Waals surface area contributed by atoms with E-state index in [-0.39, 0.29) is 11.8 Å². The minimum atomic E-state index is -4.73. The minimum absolute atomic E-state index is 0.200. The smallest absolute Gasteiger partial charge is 0.416 e. The van der Waals surface area contributed by atoms with Crippen molar-refractivity contribution in [3.63, 3.8) is 0 Å². The first-order valence-electron chi connectivity index (χ1n) is 4.99. The molecule has 0 aliphatic heterocycles. The number of aldehydes is 1. The SMILES string of the molecule is COC(=O)Cc1cc(C=O)c(C#N)cc1C(F)(F)F. The molecular formula is C12H8F3NO3. The molecule has 7 heteroatoms. The number of ether oxygens (including phenoxy) is 1. The van der Waals surface area contributed by atoms with E-state index < -0.39 is 35.3 Å². The van der Waals surface area contributed by atoms with Crippen LogP contribution in [0.25, 0.3) is 0 Å². The standard InChI is InChI=1S/C12H8F3NO3/c1-19-11(18)4-7-2-9(6-17)8(5-16)3-10(7)12(13,14)15/h2-3,6H,4H2,1H3. The topological polar surface area (TPSA) is 67.2 Å². The third-order valence-corrected chi connectivity index (χ3v) is 2.39. The van der Waals surface area contributed by atoms with E-state index in [9.17, 15) is 22.8 Å². The summed E-state index contributed by atoms with van der Waals surface area (Å²) in [6, 6.07) is 2.94. The molecule has 0 aliphatic carbocycles. The fourth-order valence-electron chi connectivity index (χ4n) is 1.50. The van der Waals surface area contributed by atoms with Gasteiger partial charge in [-0.15, -0.1) is 0 Å². The van der Waals surface area contributed by atoms with Gasteiger partial charge < -0.3 is 4.74 Å². The Morgan fingerprint density at radius 1 is 1.47 bits per heavy atom. The van der Waals surface area contributed by atoms with E-state index in [2.05, 4.69) is 4.74 Å². The normalized spacial score (nSPS) is 10.7. The molecule has 1 aromatic carbocycles. The van der Waals surface area contributed by atoms with Crippen LogP contribution >= 0.6 is 0 Å². The predicted molar refractivity (Wildman–Crippen MR) is 57.3 cm³/mol. The summed E-state index contributed by atoms with van der Waals surface area (Å²) < 4.78 is 42.7. The summed E-state index contributed by atoms with van der Waals surface area (Å²) in [5.74, 6) is -0.868. The molecule has 0 saturated carbocycles. The Bertz CT molecular complexity index is 559. The number of halogens is 3. The van der Waals surface area contributed by atoms with Crippen molar-refractivity contribution in [1.82, 2.24) is 0 Å². The molecule has 0 fully saturated rings. The van der Waals surface area contributed by atoms with Gasteiger partial charge in [-0.3, -0.25) is 9.59 Å². The number of hydrogen-bond donors (Lipinski definition) is 0. The summed E-state index contributed by atoms with van der Waals surface area (Å²) >= 11 is 0. The van der Waals surface area contributed by atoms with Crippen LogP contribution in [-0.2, 0) is 22.1 Å². The summed E-state index contributed by atoms with van der Waals surface area (Å²) in [5.41, 5.74) is -2.12. The largest absolute Gasteiger partial charge is 0.469 e. The molecule has 0 heterocycles. The van der Waals surface area contributed by atoms with Crippen LogP contribution in [0.1, 0.15) is 27.0 Å². The van der Waals surface area contributed by atoms with Crippen LogP contribution in [0.3, 0.4) is 0 Å². The van der Waals surface area contributed by atoms with Crippen LogP contribution in [0, 0.1) is 11.3 Å². The highest BCUT2D eigenvalue weighted by Crippen LogP contribution is 2.33. The van der Waals surface area contributed by atoms with Gasteiger partial charge in [0.05, 0.1) is 30.7 Å². The van der Waals surface area contributed by atoms with E-state index in [0.717, 1.165) is 13.2 Å². The molecule has 0 unspecified atom stereocenters. The van der Waals surface area contributed by atoms with E-state index >= 15 is 0 Å². The predicted octanol–water partition coefficient (Wildman–Crippen LogP) is 2.11. The van der Waals surface area contributed by atoms with Crippen molar-refractivity contribution in [2.24, 2.45) is 0 Å². The first-order valence-corrected chi connectivity index (χ1v) is 4.99. The summed E-state index contributed by atoms with van der Waals surface area (Å²) in [4.78, 5) is 21.8. The first kappa shape index (κ1) is 14.7. The Morgan fingerprint density at radius 3 is 2.53 bits per heavy atom. The van der Waals surface area contributed by atoms with Crippen LogP contribution in [0.4, 0.5) is 13.2 Å². The lowest BCUT2D eigenvalue weighted by atomic mass is 9.97. The van der Waals surface area contributed by atoms with Gasteiger partial charge in [-0.25, -0.2) is 0 Å². The highest BCUT2D eigenvalue weighted by atomic mass is 19.4. The maximum Gasteiger partial charge on any atom is 0.416 e. The fraction of sp³-hybridized carbons (Fsp3) is 0.250. The van der Waals surface area contributed by atoms with Crippen molar-refractivity contribution in [3.8, 4) is 6.07 Å². The zero-order chi connectivity index (χ0) is 14.6. The summed E-state index contributed by atoms with van der Waals surface area (Å²) in [6.45, 7) is 0. The molecule has 1 aromatic rings. The van der Waals surface area contributed by atoms with Gasteiger partial charge in [0.25, 0.3) is 0 Å². The lowest BCUT2D eigenvalue weighted by Crippen LogP contribution is -2.14. The average Bonchev–Trinajstić information content (AvgIpc) is 2.36. The number of carbonyl (C=O) groups excluding carboxylic acids is 2. The lowest BCUT2D eigenvalue weighted by Gasteiger charge is -2.13. The highest BCUT2D eigenvalue weighted by molar-refractivity contribution is 5.81. The van der Waals surface area contributed by atoms with Crippen molar-refractivity contribution in [2.45, 2.75) is 12.6 Å². The van der Waals surface area contributed by atoms with Gasteiger partial charge in [0.1, 0.15) is 0 Å². The Balaban J connectivity index is 3.45. The summed E-state index contributed by atoms with van der Waals surface area (Å²) in [6.07, 6.45) is -5.09. The molecule has 1 rings (SSSR count). The average molecular weight is 271 g/mol. The molecule has 100 valence electrons. The third kappa shape index (κ3) is 3.31. The number of hydrogen-bond acceptors (Lipinski definition) is 4. The Morgan fingerprint density at radius 2 is 2.11 bits per heavy atom. The first-order chi connectivity index (χ1) is 8.83. The van der Waals surface area contributed by atoms with Crippen molar-refractivity contribution >= 4 is 12.3 Å². The molecule has 0 aromatic heterocycles. The third-order valence-electron chi connectivity index (χ3n) is 2.39. The van der Waals surface area contributed by atoms with Crippen molar-refractivity contribution in [1.29, 1.82) is 5.26 Å². The van der Waals surface area contributed by atoms with Crippen LogP contribution in [0.5, 0.6) is 0 Å². The molecule has 0 saturated heterocycles. The Kier molecular flexibility index (Phi) is 4.27. The second-order valence-electron chi connectivity index (χ2n) is 3.58. The maximum absolute atomic E-state index is 12.8. The van der Waals surface area contributed by atoms with Crippen LogP contribution in [0.15, 0.2) is 12.1 Å². The van der Waals surface area contributed by atoms with E-state index in [0.29, 0.717) is 6.07 Å². The van der Waals surface area contributed by atoms with Crippen LogP contribution in [0.2, 0.25) is 0 Å². The number of benzene rings is 1. The molecule has 0 amide bonds. The summed E-state index contributed by atoms with van der Waals surface area (Å²) in [7, 11) is 1.04. The monoisotopic (exact) mass is 271 g/mol. The van der Waals surface area contributed by atoms with E-state index in [1.807, 2.05) is 0 Å².